The summed E-state index contributed by atoms with van der Waals surface area (Å²) in [5.74, 6) is -2.45. The fraction of sp³-hybridized carbons (Fsp3) is 0.273. The predicted octanol–water partition coefficient (Wildman–Crippen LogP) is 3.13. The Labute approximate surface area is 190 Å². The van der Waals surface area contributed by atoms with Crippen LogP contribution in [0.25, 0.3) is 0 Å². The van der Waals surface area contributed by atoms with Gasteiger partial charge in [-0.05, 0) is 36.2 Å². The zero-order valence-corrected chi connectivity index (χ0v) is 17.7. The number of piperidine rings is 1. The number of carbonyl (C=O) groups is 4. The second-order valence-corrected chi connectivity index (χ2v) is 8.15. The fourth-order valence-corrected chi connectivity index (χ4v) is 4.22. The molecule has 0 spiro atoms. The number of hydrogen-bond acceptors (Lipinski definition) is 4. The van der Waals surface area contributed by atoms with Crippen LogP contribution in [0, 0.1) is 0 Å². The summed E-state index contributed by atoms with van der Waals surface area (Å²) in [6.45, 7) is -0.00518. The number of fused-ring (bicyclic) bond motifs is 1. The van der Waals surface area contributed by atoms with E-state index in [4.69, 9.17) is 11.6 Å². The van der Waals surface area contributed by atoms with E-state index in [9.17, 15) is 32.3 Å². The van der Waals surface area contributed by atoms with Gasteiger partial charge in [0.2, 0.25) is 11.8 Å². The van der Waals surface area contributed by atoms with Crippen molar-refractivity contribution in [3.8, 4) is 0 Å². The molecule has 2 aromatic rings. The van der Waals surface area contributed by atoms with Gasteiger partial charge in [0, 0.05) is 34.7 Å². The van der Waals surface area contributed by atoms with Crippen LogP contribution in [0.2, 0.25) is 5.02 Å². The lowest BCUT2D eigenvalue weighted by Gasteiger charge is -2.29. The Hall–Kier alpha value is -3.40. The van der Waals surface area contributed by atoms with E-state index in [1.807, 2.05) is 5.32 Å². The van der Waals surface area contributed by atoms with Crippen molar-refractivity contribution in [1.82, 2.24) is 15.5 Å². The van der Waals surface area contributed by atoms with Crippen LogP contribution in [0.3, 0.4) is 0 Å². The van der Waals surface area contributed by atoms with Gasteiger partial charge in [0.25, 0.3) is 11.8 Å². The SMILES string of the molecule is O=C1CCC(N2Cc3cc(C(=O)NC(c4ccccc4Cl)C(F)(F)F)ccc3C2=O)C(=O)N1. The van der Waals surface area contributed by atoms with Gasteiger partial charge < -0.3 is 10.2 Å². The quantitative estimate of drug-likeness (QED) is 0.659. The molecule has 4 rings (SSSR count). The van der Waals surface area contributed by atoms with Crippen molar-refractivity contribution in [2.24, 2.45) is 0 Å². The summed E-state index contributed by atoms with van der Waals surface area (Å²) in [5, 5.41) is 4.02. The number of carbonyl (C=O) groups excluding carboxylic acids is 4. The smallest absolute Gasteiger partial charge is 0.337 e. The van der Waals surface area contributed by atoms with Gasteiger partial charge in [-0.25, -0.2) is 0 Å². The number of halogens is 4. The van der Waals surface area contributed by atoms with Crippen molar-refractivity contribution in [2.45, 2.75) is 37.6 Å². The average Bonchev–Trinajstić information content (AvgIpc) is 3.07. The number of nitrogens with one attached hydrogen (secondary N) is 2. The zero-order chi connectivity index (χ0) is 23.9. The van der Waals surface area contributed by atoms with Crippen molar-refractivity contribution < 1.29 is 32.3 Å². The van der Waals surface area contributed by atoms with E-state index in [-0.39, 0.29) is 41.1 Å². The predicted molar refractivity (Wildman–Crippen MR) is 110 cm³/mol. The molecule has 2 aliphatic heterocycles. The third kappa shape index (κ3) is 4.43. The minimum Gasteiger partial charge on any atom is -0.337 e. The van der Waals surface area contributed by atoms with E-state index in [0.29, 0.717) is 5.56 Å². The molecule has 2 aromatic carbocycles. The molecular formula is C22H17ClF3N3O4. The van der Waals surface area contributed by atoms with Gasteiger partial charge in [-0.15, -0.1) is 0 Å². The molecular weight excluding hydrogens is 463 g/mol. The first-order valence-electron chi connectivity index (χ1n) is 9.96. The molecule has 2 N–H and O–H groups in total. The van der Waals surface area contributed by atoms with Gasteiger partial charge >= 0.3 is 6.18 Å². The van der Waals surface area contributed by atoms with Crippen LogP contribution >= 0.6 is 11.6 Å². The molecule has 2 aliphatic rings. The topological polar surface area (TPSA) is 95.6 Å². The second kappa shape index (κ2) is 8.51. The molecule has 1 saturated heterocycles. The molecule has 2 unspecified atom stereocenters. The van der Waals surface area contributed by atoms with E-state index < -0.39 is 41.9 Å². The highest BCUT2D eigenvalue weighted by molar-refractivity contribution is 6.31. The number of imide groups is 1. The highest BCUT2D eigenvalue weighted by Gasteiger charge is 2.43. The average molecular weight is 480 g/mol. The van der Waals surface area contributed by atoms with Gasteiger partial charge in [0.15, 0.2) is 6.04 Å². The lowest BCUT2D eigenvalue weighted by Crippen LogP contribution is -2.52. The number of alkyl halides is 3. The van der Waals surface area contributed by atoms with Crippen LogP contribution in [0.5, 0.6) is 0 Å². The maximum atomic E-state index is 13.7. The highest BCUT2D eigenvalue weighted by Crippen LogP contribution is 2.36. The number of amides is 4. The van der Waals surface area contributed by atoms with Crippen molar-refractivity contribution in [3.63, 3.8) is 0 Å². The summed E-state index contributed by atoms with van der Waals surface area (Å²) in [6, 6.07) is 6.10. The molecule has 0 saturated carbocycles. The molecule has 7 nitrogen and oxygen atoms in total. The Bertz CT molecular complexity index is 1170. The summed E-state index contributed by atoms with van der Waals surface area (Å²) in [4.78, 5) is 50.2. The maximum absolute atomic E-state index is 13.7. The maximum Gasteiger partial charge on any atom is 0.412 e. The van der Waals surface area contributed by atoms with Gasteiger partial charge in [-0.3, -0.25) is 24.5 Å². The fourth-order valence-electron chi connectivity index (χ4n) is 3.98. The highest BCUT2D eigenvalue weighted by atomic mass is 35.5. The third-order valence-electron chi connectivity index (χ3n) is 5.60. The molecule has 2 heterocycles. The van der Waals surface area contributed by atoms with Crippen LogP contribution in [0.1, 0.15) is 50.7 Å². The molecule has 11 heteroatoms. The summed E-state index contributed by atoms with van der Waals surface area (Å²) >= 11 is 5.91. The Morgan fingerprint density at radius 1 is 1.15 bits per heavy atom. The lowest BCUT2D eigenvalue weighted by molar-refractivity contribution is -0.155. The Balaban J connectivity index is 1.56. The monoisotopic (exact) mass is 479 g/mol. The largest absolute Gasteiger partial charge is 0.412 e. The minimum atomic E-state index is -4.80. The molecule has 0 bridgehead atoms. The van der Waals surface area contributed by atoms with Crippen LogP contribution in [-0.4, -0.2) is 40.7 Å². The molecule has 33 heavy (non-hydrogen) atoms. The molecule has 172 valence electrons. The number of benzene rings is 2. The minimum absolute atomic E-state index is 0.00518. The second-order valence-electron chi connectivity index (χ2n) is 7.74. The number of hydrogen-bond donors (Lipinski definition) is 2. The van der Waals surface area contributed by atoms with Gasteiger partial charge in [-0.2, -0.15) is 13.2 Å². The Morgan fingerprint density at radius 2 is 1.88 bits per heavy atom. The van der Waals surface area contributed by atoms with Crippen molar-refractivity contribution in [3.05, 3.63) is 69.7 Å². The molecule has 4 amide bonds. The van der Waals surface area contributed by atoms with Crippen LogP contribution < -0.4 is 10.6 Å². The molecule has 0 aromatic heterocycles. The first kappa shape index (κ1) is 22.8. The van der Waals surface area contributed by atoms with E-state index in [1.165, 1.54) is 47.4 Å². The summed E-state index contributed by atoms with van der Waals surface area (Å²) < 4.78 is 41.0. The van der Waals surface area contributed by atoms with Crippen LogP contribution in [0.15, 0.2) is 42.5 Å². The Morgan fingerprint density at radius 3 is 2.55 bits per heavy atom. The molecule has 0 aliphatic carbocycles. The number of rotatable bonds is 4. The summed E-state index contributed by atoms with van der Waals surface area (Å²) in [7, 11) is 0. The van der Waals surface area contributed by atoms with E-state index in [1.54, 1.807) is 0 Å². The number of nitrogens with zero attached hydrogens (tertiary/aromatic N) is 1. The Kier molecular flexibility index (Phi) is 5.87. The normalized spacial score (nSPS) is 19.2. The van der Waals surface area contributed by atoms with Crippen LogP contribution in [-0.2, 0) is 16.1 Å². The van der Waals surface area contributed by atoms with Crippen LogP contribution in [0.4, 0.5) is 13.2 Å². The molecule has 1 fully saturated rings. The van der Waals surface area contributed by atoms with E-state index in [2.05, 4.69) is 5.32 Å². The first-order valence-corrected chi connectivity index (χ1v) is 10.3. The first-order chi connectivity index (χ1) is 15.6. The standard InChI is InChI=1S/C22H17ClF3N3O4/c23-15-4-2-1-3-14(15)18(22(24,25)26)28-19(31)11-5-6-13-12(9-11)10-29(21(13)33)16-7-8-17(30)27-20(16)32/h1-6,9,16,18H,7-8,10H2,(H,28,31)(H,27,30,32). The van der Waals surface area contributed by atoms with Gasteiger partial charge in [-0.1, -0.05) is 29.8 Å². The van der Waals surface area contributed by atoms with E-state index in [0.717, 1.165) is 0 Å². The zero-order valence-electron chi connectivity index (χ0n) is 16.9. The molecule has 0 radical (unpaired) electrons. The van der Waals surface area contributed by atoms with Gasteiger partial charge in [0.1, 0.15) is 6.04 Å². The van der Waals surface area contributed by atoms with Crippen molar-refractivity contribution >= 4 is 35.2 Å². The van der Waals surface area contributed by atoms with Gasteiger partial charge in [0.05, 0.1) is 0 Å². The molecule has 2 atom stereocenters. The van der Waals surface area contributed by atoms with Crippen molar-refractivity contribution in [2.75, 3.05) is 0 Å². The lowest BCUT2D eigenvalue weighted by atomic mass is 10.0. The third-order valence-corrected chi connectivity index (χ3v) is 5.95. The summed E-state index contributed by atoms with van der Waals surface area (Å²) in [5.41, 5.74) is 0.279. The van der Waals surface area contributed by atoms with E-state index >= 15 is 0 Å². The summed E-state index contributed by atoms with van der Waals surface area (Å²) in [6.07, 6.45) is -4.54. The van der Waals surface area contributed by atoms with Crippen molar-refractivity contribution in [1.29, 1.82) is 0 Å².